The van der Waals surface area contributed by atoms with Crippen LogP contribution in [0.25, 0.3) is 11.2 Å². The first-order chi connectivity index (χ1) is 8.51. The molecule has 0 radical (unpaired) electrons. The molecule has 98 valence electrons. The van der Waals surface area contributed by atoms with Gasteiger partial charge in [-0.15, -0.1) is 11.6 Å². The normalized spacial score (nSPS) is 12.2. The molecule has 2 aromatic heterocycles. The van der Waals surface area contributed by atoms with Gasteiger partial charge in [0, 0.05) is 25.0 Å². The average molecular weight is 266 g/mol. The van der Waals surface area contributed by atoms with E-state index in [-0.39, 0.29) is 0 Å². The van der Waals surface area contributed by atoms with Crippen molar-refractivity contribution in [3.63, 3.8) is 0 Å². The van der Waals surface area contributed by atoms with Crippen molar-refractivity contribution in [3.05, 3.63) is 24.2 Å². The van der Waals surface area contributed by atoms with Crippen LogP contribution in [-0.2, 0) is 13.0 Å². The Balaban J connectivity index is 2.35. The molecule has 0 amide bonds. The van der Waals surface area contributed by atoms with Gasteiger partial charge in [0.05, 0.1) is 0 Å². The van der Waals surface area contributed by atoms with Crippen LogP contribution in [0.4, 0.5) is 0 Å². The number of hydrogen-bond donors (Lipinski definition) is 0. The van der Waals surface area contributed by atoms with Gasteiger partial charge >= 0.3 is 0 Å². The SMILES string of the molecule is CC(C)(C)CCn1c(CCCl)nc2cccnc21. The van der Waals surface area contributed by atoms with Crippen molar-refractivity contribution in [2.75, 3.05) is 5.88 Å². The summed E-state index contributed by atoms with van der Waals surface area (Å²) in [5.41, 5.74) is 2.25. The Morgan fingerprint density at radius 1 is 1.33 bits per heavy atom. The summed E-state index contributed by atoms with van der Waals surface area (Å²) in [4.78, 5) is 9.06. The highest BCUT2D eigenvalue weighted by atomic mass is 35.5. The predicted octanol–water partition coefficient (Wildman–Crippen LogP) is 3.65. The number of hydrogen-bond acceptors (Lipinski definition) is 2. The van der Waals surface area contributed by atoms with E-state index in [1.165, 1.54) is 0 Å². The third kappa shape index (κ3) is 3.02. The summed E-state index contributed by atoms with van der Waals surface area (Å²) in [5, 5.41) is 0. The van der Waals surface area contributed by atoms with Crippen LogP contribution in [0.15, 0.2) is 18.3 Å². The Hall–Kier alpha value is -1.09. The Labute approximate surface area is 113 Å². The minimum Gasteiger partial charge on any atom is -0.313 e. The maximum Gasteiger partial charge on any atom is 0.159 e. The number of aromatic nitrogens is 3. The fourth-order valence-electron chi connectivity index (χ4n) is 1.96. The van der Waals surface area contributed by atoms with Gasteiger partial charge in [0.15, 0.2) is 5.65 Å². The fraction of sp³-hybridized carbons (Fsp3) is 0.571. The zero-order valence-corrected chi connectivity index (χ0v) is 12.0. The number of halogens is 1. The van der Waals surface area contributed by atoms with Crippen molar-refractivity contribution in [1.29, 1.82) is 0 Å². The van der Waals surface area contributed by atoms with E-state index < -0.39 is 0 Å². The topological polar surface area (TPSA) is 30.7 Å². The molecule has 0 saturated heterocycles. The van der Waals surface area contributed by atoms with Crippen LogP contribution in [0.2, 0.25) is 0 Å². The lowest BCUT2D eigenvalue weighted by atomic mass is 9.92. The van der Waals surface area contributed by atoms with Crippen molar-refractivity contribution in [2.24, 2.45) is 5.41 Å². The van der Waals surface area contributed by atoms with E-state index in [0.717, 1.165) is 36.4 Å². The van der Waals surface area contributed by atoms with Crippen LogP contribution in [0.5, 0.6) is 0 Å². The Kier molecular flexibility index (Phi) is 3.91. The monoisotopic (exact) mass is 265 g/mol. The molecule has 0 aliphatic heterocycles. The molecule has 0 unspecified atom stereocenters. The first-order valence-electron chi connectivity index (χ1n) is 6.37. The maximum atomic E-state index is 5.85. The highest BCUT2D eigenvalue weighted by molar-refractivity contribution is 6.17. The summed E-state index contributed by atoms with van der Waals surface area (Å²) < 4.78 is 2.21. The van der Waals surface area contributed by atoms with Crippen molar-refractivity contribution < 1.29 is 0 Å². The molecule has 0 fully saturated rings. The summed E-state index contributed by atoms with van der Waals surface area (Å²) >= 11 is 5.85. The van der Waals surface area contributed by atoms with Gasteiger partial charge in [0.25, 0.3) is 0 Å². The van der Waals surface area contributed by atoms with E-state index >= 15 is 0 Å². The number of rotatable bonds is 4. The Bertz CT molecular complexity index is 525. The summed E-state index contributed by atoms with van der Waals surface area (Å²) in [6, 6.07) is 3.93. The highest BCUT2D eigenvalue weighted by Gasteiger charge is 2.15. The summed E-state index contributed by atoms with van der Waals surface area (Å²) in [6.45, 7) is 7.70. The summed E-state index contributed by atoms with van der Waals surface area (Å²) in [6.07, 6.45) is 3.72. The average Bonchev–Trinajstić information content (AvgIpc) is 2.63. The first-order valence-corrected chi connectivity index (χ1v) is 6.91. The van der Waals surface area contributed by atoms with Gasteiger partial charge in [-0.3, -0.25) is 0 Å². The molecule has 18 heavy (non-hydrogen) atoms. The van der Waals surface area contributed by atoms with Crippen molar-refractivity contribution in [2.45, 2.75) is 40.2 Å². The van der Waals surface area contributed by atoms with Crippen LogP contribution in [0.1, 0.15) is 33.0 Å². The number of aryl methyl sites for hydroxylation is 2. The molecule has 0 atom stereocenters. The molecule has 0 bridgehead atoms. The van der Waals surface area contributed by atoms with E-state index in [9.17, 15) is 0 Å². The lowest BCUT2D eigenvalue weighted by Gasteiger charge is -2.19. The maximum absolute atomic E-state index is 5.85. The smallest absolute Gasteiger partial charge is 0.159 e. The van der Waals surface area contributed by atoms with Crippen LogP contribution < -0.4 is 0 Å². The minimum absolute atomic E-state index is 0.309. The summed E-state index contributed by atoms with van der Waals surface area (Å²) in [7, 11) is 0. The van der Waals surface area contributed by atoms with E-state index in [2.05, 4.69) is 35.3 Å². The van der Waals surface area contributed by atoms with E-state index in [1.54, 1.807) is 0 Å². The molecule has 0 aliphatic carbocycles. The lowest BCUT2D eigenvalue weighted by molar-refractivity contribution is 0.350. The highest BCUT2D eigenvalue weighted by Crippen LogP contribution is 2.22. The van der Waals surface area contributed by atoms with Crippen LogP contribution in [0, 0.1) is 5.41 Å². The lowest BCUT2D eigenvalue weighted by Crippen LogP contribution is -2.13. The van der Waals surface area contributed by atoms with E-state index in [1.807, 2.05) is 18.3 Å². The zero-order valence-electron chi connectivity index (χ0n) is 11.3. The summed E-state index contributed by atoms with van der Waals surface area (Å²) in [5.74, 6) is 1.64. The number of alkyl halides is 1. The van der Waals surface area contributed by atoms with Gasteiger partial charge in [-0.25, -0.2) is 9.97 Å². The van der Waals surface area contributed by atoms with Gasteiger partial charge in [-0.1, -0.05) is 20.8 Å². The van der Waals surface area contributed by atoms with E-state index in [4.69, 9.17) is 11.6 Å². The van der Waals surface area contributed by atoms with Crippen LogP contribution in [0.3, 0.4) is 0 Å². The standard InChI is InChI=1S/C14H20ClN3/c1-14(2,3)7-10-18-12(6-8-15)17-11-5-4-9-16-13(11)18/h4-5,9H,6-8,10H2,1-3H3. The quantitative estimate of drug-likeness (QED) is 0.790. The molecule has 2 rings (SSSR count). The molecule has 2 heterocycles. The Morgan fingerprint density at radius 3 is 2.78 bits per heavy atom. The molecule has 3 nitrogen and oxygen atoms in total. The molecule has 2 aromatic rings. The molecular weight excluding hydrogens is 246 g/mol. The second-order valence-corrected chi connectivity index (χ2v) is 6.15. The van der Waals surface area contributed by atoms with Gasteiger partial charge < -0.3 is 4.57 Å². The molecule has 0 saturated carbocycles. The molecular formula is C14H20ClN3. The van der Waals surface area contributed by atoms with Gasteiger partial charge in [0.1, 0.15) is 11.3 Å². The van der Waals surface area contributed by atoms with Crippen LogP contribution >= 0.6 is 11.6 Å². The molecule has 0 aliphatic rings. The molecule has 0 spiro atoms. The van der Waals surface area contributed by atoms with Crippen molar-refractivity contribution in [1.82, 2.24) is 14.5 Å². The van der Waals surface area contributed by atoms with Gasteiger partial charge in [-0.2, -0.15) is 0 Å². The predicted molar refractivity (Wildman–Crippen MR) is 76.0 cm³/mol. The number of fused-ring (bicyclic) bond motifs is 1. The third-order valence-corrected chi connectivity index (χ3v) is 3.18. The van der Waals surface area contributed by atoms with Gasteiger partial charge in [0.2, 0.25) is 0 Å². The second-order valence-electron chi connectivity index (χ2n) is 5.78. The van der Waals surface area contributed by atoms with E-state index in [0.29, 0.717) is 11.3 Å². The van der Waals surface area contributed by atoms with Crippen molar-refractivity contribution in [3.8, 4) is 0 Å². The molecule has 4 heteroatoms. The largest absolute Gasteiger partial charge is 0.313 e. The first kappa shape index (κ1) is 13.3. The second kappa shape index (κ2) is 5.27. The zero-order chi connectivity index (χ0) is 13.2. The molecule has 0 aromatic carbocycles. The minimum atomic E-state index is 0.309. The number of imidazole rings is 1. The fourth-order valence-corrected chi connectivity index (χ4v) is 2.13. The van der Waals surface area contributed by atoms with Crippen LogP contribution in [-0.4, -0.2) is 20.4 Å². The number of pyridine rings is 1. The Morgan fingerprint density at radius 2 is 2.11 bits per heavy atom. The van der Waals surface area contributed by atoms with Gasteiger partial charge in [-0.05, 0) is 24.0 Å². The number of nitrogens with zero attached hydrogens (tertiary/aromatic N) is 3. The van der Waals surface area contributed by atoms with Crippen molar-refractivity contribution >= 4 is 22.8 Å². The third-order valence-electron chi connectivity index (χ3n) is 2.99. The molecule has 0 N–H and O–H groups in total.